The predicted molar refractivity (Wildman–Crippen MR) is 67.3 cm³/mol. The standard InChI is InChI=1S/C11H10ClIO2/c12-7-2-3-8(9(13)6-7)11(10(14)15)4-1-5-11/h2-3,6H,1,4-5H2,(H,14,15). The van der Waals surface area contributed by atoms with Crippen LogP contribution in [0.15, 0.2) is 18.2 Å². The third-order valence-corrected chi connectivity index (χ3v) is 4.19. The lowest BCUT2D eigenvalue weighted by Gasteiger charge is -2.38. The first-order chi connectivity index (χ1) is 7.06. The van der Waals surface area contributed by atoms with Gasteiger partial charge in [0.1, 0.15) is 0 Å². The summed E-state index contributed by atoms with van der Waals surface area (Å²) in [5, 5.41) is 9.95. The van der Waals surface area contributed by atoms with Crippen LogP contribution in [0.2, 0.25) is 5.02 Å². The zero-order valence-electron chi connectivity index (χ0n) is 7.96. The molecule has 4 heteroatoms. The topological polar surface area (TPSA) is 37.3 Å². The predicted octanol–water partition coefficient (Wildman–Crippen LogP) is 3.45. The third kappa shape index (κ3) is 1.76. The first kappa shape index (κ1) is 11.2. The summed E-state index contributed by atoms with van der Waals surface area (Å²) < 4.78 is 0.946. The Labute approximate surface area is 107 Å². The number of hydrogen-bond donors (Lipinski definition) is 1. The molecule has 0 unspecified atom stereocenters. The van der Waals surface area contributed by atoms with Gasteiger partial charge in [-0.25, -0.2) is 0 Å². The molecule has 2 rings (SSSR count). The van der Waals surface area contributed by atoms with Crippen molar-refractivity contribution < 1.29 is 9.90 Å². The van der Waals surface area contributed by atoms with E-state index in [0.717, 1.165) is 28.4 Å². The lowest BCUT2D eigenvalue weighted by atomic mass is 9.64. The highest BCUT2D eigenvalue weighted by atomic mass is 127. The van der Waals surface area contributed by atoms with Crippen molar-refractivity contribution in [1.29, 1.82) is 0 Å². The molecule has 0 heterocycles. The van der Waals surface area contributed by atoms with Gasteiger partial charge < -0.3 is 5.11 Å². The molecule has 0 radical (unpaired) electrons. The summed E-state index contributed by atoms with van der Waals surface area (Å²) >= 11 is 8.01. The molecule has 1 aromatic carbocycles. The molecule has 15 heavy (non-hydrogen) atoms. The van der Waals surface area contributed by atoms with Gasteiger partial charge in [0.2, 0.25) is 0 Å². The van der Waals surface area contributed by atoms with Crippen LogP contribution in [-0.4, -0.2) is 11.1 Å². The Morgan fingerprint density at radius 1 is 1.47 bits per heavy atom. The largest absolute Gasteiger partial charge is 0.481 e. The fraction of sp³-hybridized carbons (Fsp3) is 0.364. The van der Waals surface area contributed by atoms with Crippen molar-refractivity contribution in [3.05, 3.63) is 32.4 Å². The van der Waals surface area contributed by atoms with E-state index in [1.165, 1.54) is 0 Å². The molecule has 0 aromatic heterocycles. The van der Waals surface area contributed by atoms with Gasteiger partial charge in [-0.3, -0.25) is 4.79 Å². The zero-order valence-corrected chi connectivity index (χ0v) is 10.9. The summed E-state index contributed by atoms with van der Waals surface area (Å²) in [7, 11) is 0. The Kier molecular flexibility index (Phi) is 2.94. The Hall–Kier alpha value is -0.290. The van der Waals surface area contributed by atoms with Crippen molar-refractivity contribution in [3.63, 3.8) is 0 Å². The van der Waals surface area contributed by atoms with Gasteiger partial charge >= 0.3 is 5.97 Å². The van der Waals surface area contributed by atoms with Gasteiger partial charge in [-0.2, -0.15) is 0 Å². The minimum atomic E-state index is -0.714. The van der Waals surface area contributed by atoms with Gasteiger partial charge in [-0.15, -0.1) is 0 Å². The lowest BCUT2D eigenvalue weighted by molar-refractivity contribution is -0.147. The summed E-state index contributed by atoms with van der Waals surface area (Å²) in [6, 6.07) is 5.43. The second kappa shape index (κ2) is 3.94. The smallest absolute Gasteiger partial charge is 0.314 e. The first-order valence-corrected chi connectivity index (χ1v) is 6.21. The van der Waals surface area contributed by atoms with Crippen LogP contribution in [0.3, 0.4) is 0 Å². The van der Waals surface area contributed by atoms with Crippen molar-refractivity contribution in [1.82, 2.24) is 0 Å². The second-order valence-electron chi connectivity index (χ2n) is 3.86. The maximum atomic E-state index is 11.3. The van der Waals surface area contributed by atoms with Crippen LogP contribution >= 0.6 is 34.2 Å². The second-order valence-corrected chi connectivity index (χ2v) is 5.46. The maximum absolute atomic E-state index is 11.3. The third-order valence-electron chi connectivity index (χ3n) is 3.06. The lowest BCUT2D eigenvalue weighted by Crippen LogP contribution is -2.42. The normalized spacial score (nSPS) is 18.3. The van der Waals surface area contributed by atoms with Crippen molar-refractivity contribution >= 4 is 40.2 Å². The van der Waals surface area contributed by atoms with E-state index in [0.29, 0.717) is 5.02 Å². The summed E-state index contributed by atoms with van der Waals surface area (Å²) in [6.07, 6.45) is 2.46. The number of hydrogen-bond acceptors (Lipinski definition) is 1. The molecule has 0 aliphatic heterocycles. The fourth-order valence-electron chi connectivity index (χ4n) is 2.01. The van der Waals surface area contributed by atoms with Crippen molar-refractivity contribution in [2.45, 2.75) is 24.7 Å². The number of carboxylic acids is 1. The van der Waals surface area contributed by atoms with Gasteiger partial charge in [-0.05, 0) is 53.1 Å². The van der Waals surface area contributed by atoms with E-state index in [-0.39, 0.29) is 0 Å². The summed E-state index contributed by atoms with van der Waals surface area (Å²) in [6.45, 7) is 0. The summed E-state index contributed by atoms with van der Waals surface area (Å²) in [5.74, 6) is -0.714. The minimum Gasteiger partial charge on any atom is -0.481 e. The molecule has 0 amide bonds. The van der Waals surface area contributed by atoms with E-state index in [1.807, 2.05) is 12.1 Å². The van der Waals surface area contributed by atoms with Crippen LogP contribution in [0.5, 0.6) is 0 Å². The quantitative estimate of drug-likeness (QED) is 0.840. The molecule has 1 saturated carbocycles. The highest BCUT2D eigenvalue weighted by molar-refractivity contribution is 14.1. The number of aliphatic carboxylic acids is 1. The molecule has 0 atom stereocenters. The van der Waals surface area contributed by atoms with Gasteiger partial charge in [-0.1, -0.05) is 24.1 Å². The van der Waals surface area contributed by atoms with E-state index >= 15 is 0 Å². The van der Waals surface area contributed by atoms with E-state index in [4.69, 9.17) is 11.6 Å². The highest BCUT2D eigenvalue weighted by Crippen LogP contribution is 2.45. The van der Waals surface area contributed by atoms with Crippen LogP contribution in [0.4, 0.5) is 0 Å². The van der Waals surface area contributed by atoms with Gasteiger partial charge in [0.05, 0.1) is 5.41 Å². The van der Waals surface area contributed by atoms with E-state index in [1.54, 1.807) is 6.07 Å². The van der Waals surface area contributed by atoms with Crippen LogP contribution < -0.4 is 0 Å². The number of carboxylic acid groups (broad SMARTS) is 1. The minimum absolute atomic E-state index is 0.652. The molecule has 0 spiro atoms. The summed E-state index contributed by atoms with van der Waals surface area (Å²) in [4.78, 5) is 11.3. The fourth-order valence-corrected chi connectivity index (χ4v) is 3.39. The SMILES string of the molecule is O=C(O)C1(c2ccc(Cl)cc2I)CCC1. The maximum Gasteiger partial charge on any atom is 0.314 e. The van der Waals surface area contributed by atoms with Crippen molar-refractivity contribution in [3.8, 4) is 0 Å². The molecule has 80 valence electrons. The molecular weight excluding hydrogens is 326 g/mol. The van der Waals surface area contributed by atoms with Gasteiger partial charge in [0.15, 0.2) is 0 Å². The van der Waals surface area contributed by atoms with E-state index in [2.05, 4.69) is 22.6 Å². The van der Waals surface area contributed by atoms with Gasteiger partial charge in [0, 0.05) is 8.59 Å². The number of benzene rings is 1. The molecule has 1 fully saturated rings. The molecule has 1 aliphatic rings. The van der Waals surface area contributed by atoms with E-state index < -0.39 is 11.4 Å². The first-order valence-electron chi connectivity index (χ1n) is 4.75. The van der Waals surface area contributed by atoms with E-state index in [9.17, 15) is 9.90 Å². The Morgan fingerprint density at radius 3 is 2.53 bits per heavy atom. The monoisotopic (exact) mass is 336 g/mol. The molecule has 2 nitrogen and oxygen atoms in total. The Bertz CT molecular complexity index is 413. The Morgan fingerprint density at radius 2 is 2.13 bits per heavy atom. The van der Waals surface area contributed by atoms with Crippen molar-refractivity contribution in [2.75, 3.05) is 0 Å². The molecule has 1 aliphatic carbocycles. The zero-order chi connectivity index (χ0) is 11.1. The molecule has 1 aromatic rings. The average Bonchev–Trinajstić information content (AvgIpc) is 2.05. The number of carbonyl (C=O) groups is 1. The van der Waals surface area contributed by atoms with Gasteiger partial charge in [0.25, 0.3) is 0 Å². The molecular formula is C11H10ClIO2. The van der Waals surface area contributed by atoms with Crippen molar-refractivity contribution in [2.24, 2.45) is 0 Å². The van der Waals surface area contributed by atoms with Crippen LogP contribution in [0.25, 0.3) is 0 Å². The molecule has 0 bridgehead atoms. The summed E-state index contributed by atoms with van der Waals surface area (Å²) in [5.41, 5.74) is 0.257. The van der Waals surface area contributed by atoms with Crippen LogP contribution in [0, 0.1) is 3.57 Å². The van der Waals surface area contributed by atoms with Crippen LogP contribution in [0.1, 0.15) is 24.8 Å². The molecule has 0 saturated heterocycles. The number of halogens is 2. The van der Waals surface area contributed by atoms with Crippen LogP contribution in [-0.2, 0) is 10.2 Å². The average molecular weight is 337 g/mol. The Balaban J connectivity index is 2.48. The number of rotatable bonds is 2. The molecule has 1 N–H and O–H groups in total. The highest BCUT2D eigenvalue weighted by Gasteiger charge is 2.46.